The van der Waals surface area contributed by atoms with Crippen molar-refractivity contribution in [2.75, 3.05) is 0 Å². The van der Waals surface area contributed by atoms with Crippen LogP contribution in [0.15, 0.2) is 52.9 Å². The van der Waals surface area contributed by atoms with E-state index in [9.17, 15) is 5.11 Å². The summed E-state index contributed by atoms with van der Waals surface area (Å²) in [7, 11) is 0. The van der Waals surface area contributed by atoms with Gasteiger partial charge in [-0.1, -0.05) is 24.3 Å². The fraction of sp³-hybridized carbons (Fsp3) is 0. The van der Waals surface area contributed by atoms with Crippen LogP contribution in [0, 0.1) is 0 Å². The standard InChI is InChI=1S/C13H9NO2.Na/c15-11-7-3-1-5-9(11)13-14-10-6-2-4-8-12(10)16-13;/h1-8,15H;. The minimum Gasteiger partial charge on any atom is -0.507 e. The van der Waals surface area contributed by atoms with E-state index in [2.05, 4.69) is 4.98 Å². The molecule has 0 aliphatic carbocycles. The van der Waals surface area contributed by atoms with E-state index in [0.717, 1.165) is 11.1 Å². The van der Waals surface area contributed by atoms with Gasteiger partial charge in [0.15, 0.2) is 5.58 Å². The van der Waals surface area contributed by atoms with Crippen molar-refractivity contribution in [3.05, 3.63) is 48.5 Å². The number of aromatic nitrogens is 1. The molecule has 0 saturated heterocycles. The zero-order valence-electron chi connectivity index (χ0n) is 9.42. The van der Waals surface area contributed by atoms with E-state index in [1.807, 2.05) is 30.3 Å². The van der Waals surface area contributed by atoms with Gasteiger partial charge in [0, 0.05) is 29.6 Å². The maximum atomic E-state index is 9.69. The number of para-hydroxylation sites is 3. The van der Waals surface area contributed by atoms with E-state index in [-0.39, 0.29) is 35.3 Å². The Labute approximate surface area is 120 Å². The smallest absolute Gasteiger partial charge is 0.231 e. The van der Waals surface area contributed by atoms with Crippen LogP contribution in [-0.4, -0.2) is 39.6 Å². The van der Waals surface area contributed by atoms with Crippen LogP contribution < -0.4 is 0 Å². The second-order valence-corrected chi connectivity index (χ2v) is 3.50. The van der Waals surface area contributed by atoms with Gasteiger partial charge in [0.25, 0.3) is 0 Å². The summed E-state index contributed by atoms with van der Waals surface area (Å²) in [5, 5.41) is 9.69. The first-order valence-electron chi connectivity index (χ1n) is 4.98. The number of fused-ring (bicyclic) bond motifs is 1. The van der Waals surface area contributed by atoms with Crippen molar-refractivity contribution in [1.29, 1.82) is 0 Å². The average molecular weight is 234 g/mol. The molecular weight excluding hydrogens is 225 g/mol. The van der Waals surface area contributed by atoms with Crippen molar-refractivity contribution in [3.8, 4) is 17.2 Å². The SMILES string of the molecule is Oc1ccccc1-c1nc2ccccc2o1.[Na]. The van der Waals surface area contributed by atoms with Gasteiger partial charge < -0.3 is 9.52 Å². The molecule has 2 aromatic carbocycles. The first kappa shape index (κ1) is 12.2. The van der Waals surface area contributed by atoms with Crippen molar-refractivity contribution in [2.24, 2.45) is 0 Å². The van der Waals surface area contributed by atoms with E-state index in [0.29, 0.717) is 11.5 Å². The maximum absolute atomic E-state index is 9.69. The number of phenols is 1. The molecule has 0 atom stereocenters. The zero-order valence-corrected chi connectivity index (χ0v) is 11.4. The van der Waals surface area contributed by atoms with Gasteiger partial charge in [-0.2, -0.15) is 0 Å². The number of rotatable bonds is 1. The molecule has 0 aliphatic heterocycles. The first-order valence-corrected chi connectivity index (χ1v) is 4.98. The molecule has 17 heavy (non-hydrogen) atoms. The van der Waals surface area contributed by atoms with Crippen molar-refractivity contribution in [2.45, 2.75) is 0 Å². The minimum atomic E-state index is 0. The number of oxazole rings is 1. The molecule has 0 aliphatic rings. The predicted octanol–water partition coefficient (Wildman–Crippen LogP) is 2.82. The summed E-state index contributed by atoms with van der Waals surface area (Å²) in [6.07, 6.45) is 0. The van der Waals surface area contributed by atoms with Gasteiger partial charge in [-0.3, -0.25) is 0 Å². The number of aromatic hydroxyl groups is 1. The molecule has 3 nitrogen and oxygen atoms in total. The Hall–Kier alpha value is -1.29. The summed E-state index contributed by atoms with van der Waals surface area (Å²) in [5.41, 5.74) is 2.13. The molecule has 1 N–H and O–H groups in total. The number of hydrogen-bond acceptors (Lipinski definition) is 3. The Kier molecular flexibility index (Phi) is 3.52. The Morgan fingerprint density at radius 3 is 2.41 bits per heavy atom. The molecule has 0 spiro atoms. The van der Waals surface area contributed by atoms with Gasteiger partial charge in [-0.15, -0.1) is 0 Å². The minimum absolute atomic E-state index is 0. The molecule has 3 rings (SSSR count). The molecule has 79 valence electrons. The summed E-state index contributed by atoms with van der Waals surface area (Å²) in [4.78, 5) is 4.32. The topological polar surface area (TPSA) is 46.3 Å². The van der Waals surface area contributed by atoms with Crippen LogP contribution in [0.5, 0.6) is 5.75 Å². The Balaban J connectivity index is 0.00000108. The normalized spacial score (nSPS) is 10.1. The third-order valence-corrected chi connectivity index (χ3v) is 2.43. The number of nitrogens with zero attached hydrogens (tertiary/aromatic N) is 1. The number of benzene rings is 2. The van der Waals surface area contributed by atoms with Crippen molar-refractivity contribution < 1.29 is 9.52 Å². The van der Waals surface area contributed by atoms with Crippen molar-refractivity contribution in [3.63, 3.8) is 0 Å². The molecule has 0 bridgehead atoms. The van der Waals surface area contributed by atoms with E-state index in [1.165, 1.54) is 0 Å². The van der Waals surface area contributed by atoms with Crippen LogP contribution in [0.3, 0.4) is 0 Å². The summed E-state index contributed by atoms with van der Waals surface area (Å²) in [6.45, 7) is 0. The van der Waals surface area contributed by atoms with Gasteiger partial charge in [0.05, 0.1) is 5.56 Å². The van der Waals surface area contributed by atoms with Crippen molar-refractivity contribution >= 4 is 40.7 Å². The van der Waals surface area contributed by atoms with E-state index >= 15 is 0 Å². The Morgan fingerprint density at radius 1 is 0.941 bits per heavy atom. The molecule has 0 unspecified atom stereocenters. The zero-order chi connectivity index (χ0) is 11.0. The van der Waals surface area contributed by atoms with Crippen LogP contribution in [0.4, 0.5) is 0 Å². The molecule has 1 heterocycles. The fourth-order valence-electron chi connectivity index (χ4n) is 1.64. The van der Waals surface area contributed by atoms with Crippen molar-refractivity contribution in [1.82, 2.24) is 4.98 Å². The van der Waals surface area contributed by atoms with Crippen LogP contribution in [0.2, 0.25) is 0 Å². The van der Waals surface area contributed by atoms with Crippen LogP contribution in [0.25, 0.3) is 22.6 Å². The largest absolute Gasteiger partial charge is 0.507 e. The molecule has 1 radical (unpaired) electrons. The second-order valence-electron chi connectivity index (χ2n) is 3.50. The monoisotopic (exact) mass is 234 g/mol. The first-order chi connectivity index (χ1) is 7.84. The van der Waals surface area contributed by atoms with Gasteiger partial charge in [-0.05, 0) is 24.3 Å². The molecule has 0 fully saturated rings. The predicted molar refractivity (Wildman–Crippen MR) is 66.9 cm³/mol. The fourth-order valence-corrected chi connectivity index (χ4v) is 1.64. The van der Waals surface area contributed by atoms with Gasteiger partial charge in [0.1, 0.15) is 11.3 Å². The van der Waals surface area contributed by atoms with E-state index in [4.69, 9.17) is 4.42 Å². The van der Waals surface area contributed by atoms with Crippen LogP contribution in [0.1, 0.15) is 0 Å². The molecule has 3 aromatic rings. The van der Waals surface area contributed by atoms with Gasteiger partial charge >= 0.3 is 0 Å². The second kappa shape index (κ2) is 4.92. The summed E-state index contributed by atoms with van der Waals surface area (Å²) < 4.78 is 5.56. The summed E-state index contributed by atoms with van der Waals surface area (Å²) in [5.74, 6) is 0.619. The summed E-state index contributed by atoms with van der Waals surface area (Å²) in [6, 6.07) is 14.5. The Bertz CT molecular complexity index is 615. The Morgan fingerprint density at radius 2 is 1.65 bits per heavy atom. The van der Waals surface area contributed by atoms with E-state index < -0.39 is 0 Å². The number of phenolic OH excluding ortho intramolecular Hbond substituents is 1. The van der Waals surface area contributed by atoms with Crippen LogP contribution >= 0.6 is 0 Å². The number of hydrogen-bond donors (Lipinski definition) is 1. The average Bonchev–Trinajstić information content (AvgIpc) is 2.73. The summed E-state index contributed by atoms with van der Waals surface area (Å²) >= 11 is 0. The van der Waals surface area contributed by atoms with Gasteiger partial charge in [0.2, 0.25) is 5.89 Å². The molecule has 1 aromatic heterocycles. The third kappa shape index (κ3) is 2.22. The third-order valence-electron chi connectivity index (χ3n) is 2.43. The maximum Gasteiger partial charge on any atom is 0.231 e. The van der Waals surface area contributed by atoms with Crippen LogP contribution in [-0.2, 0) is 0 Å². The quantitative estimate of drug-likeness (QED) is 0.658. The molecule has 4 heteroatoms. The molecule has 0 amide bonds. The molecular formula is C13H9NNaO2. The van der Waals surface area contributed by atoms with E-state index in [1.54, 1.807) is 18.2 Å². The van der Waals surface area contributed by atoms with Gasteiger partial charge in [-0.25, -0.2) is 4.98 Å². The molecule has 0 saturated carbocycles.